The van der Waals surface area contributed by atoms with Gasteiger partial charge in [-0.05, 0) is 65.6 Å². The number of amides is 1. The molecule has 1 fully saturated rings. The summed E-state index contributed by atoms with van der Waals surface area (Å²) in [4.78, 5) is 32.5. The number of benzene rings is 3. The molecule has 4 aromatic rings. The summed E-state index contributed by atoms with van der Waals surface area (Å²) in [7, 11) is 3.04. The molecule has 1 N–H and O–H groups in total. The van der Waals surface area contributed by atoms with Gasteiger partial charge in [-0.2, -0.15) is 0 Å². The van der Waals surface area contributed by atoms with E-state index in [4.69, 9.17) is 14.2 Å². The lowest BCUT2D eigenvalue weighted by Gasteiger charge is -2.26. The van der Waals surface area contributed by atoms with Crippen molar-refractivity contribution < 1.29 is 28.9 Å². The second-order valence-electron chi connectivity index (χ2n) is 9.66. The van der Waals surface area contributed by atoms with E-state index in [1.807, 2.05) is 43.3 Å². The maximum atomic E-state index is 13.5. The van der Waals surface area contributed by atoms with Crippen molar-refractivity contribution in [3.8, 4) is 17.2 Å². The number of likely N-dealkylation sites (tertiary alicyclic amines) is 1. The number of aliphatic hydroxyl groups is 1. The molecule has 0 bridgehead atoms. The van der Waals surface area contributed by atoms with Crippen LogP contribution in [0.5, 0.6) is 17.2 Å². The van der Waals surface area contributed by atoms with Crippen molar-refractivity contribution in [3.05, 3.63) is 125 Å². The predicted molar refractivity (Wildman–Crippen MR) is 154 cm³/mol. The predicted octanol–water partition coefficient (Wildman–Crippen LogP) is 5.61. The Morgan fingerprint density at radius 1 is 0.878 bits per heavy atom. The summed E-state index contributed by atoms with van der Waals surface area (Å²) in [5.74, 6) is -0.161. The van der Waals surface area contributed by atoms with Crippen LogP contribution < -0.4 is 14.2 Å². The molecule has 3 aromatic carbocycles. The average molecular weight is 551 g/mol. The van der Waals surface area contributed by atoms with Crippen molar-refractivity contribution >= 4 is 17.4 Å². The van der Waals surface area contributed by atoms with Crippen LogP contribution in [0.3, 0.4) is 0 Å². The molecule has 0 unspecified atom stereocenters. The molecular weight excluding hydrogens is 520 g/mol. The van der Waals surface area contributed by atoms with Crippen molar-refractivity contribution in [2.75, 3.05) is 14.2 Å². The van der Waals surface area contributed by atoms with Gasteiger partial charge in [0.2, 0.25) is 0 Å². The zero-order valence-corrected chi connectivity index (χ0v) is 23.0. The van der Waals surface area contributed by atoms with E-state index in [0.717, 1.165) is 16.7 Å². The molecule has 208 valence electrons. The Balaban J connectivity index is 1.55. The van der Waals surface area contributed by atoms with E-state index in [2.05, 4.69) is 4.98 Å². The van der Waals surface area contributed by atoms with Gasteiger partial charge in [-0.1, -0.05) is 42.5 Å². The van der Waals surface area contributed by atoms with Crippen molar-refractivity contribution in [2.45, 2.75) is 26.1 Å². The van der Waals surface area contributed by atoms with Crippen molar-refractivity contribution in [1.82, 2.24) is 9.88 Å². The van der Waals surface area contributed by atoms with Gasteiger partial charge in [0.1, 0.15) is 18.1 Å². The summed E-state index contributed by atoms with van der Waals surface area (Å²) < 4.78 is 16.9. The van der Waals surface area contributed by atoms with Crippen LogP contribution in [0.1, 0.15) is 33.9 Å². The van der Waals surface area contributed by atoms with Crippen LogP contribution >= 0.6 is 0 Å². The quantitative estimate of drug-likeness (QED) is 0.164. The van der Waals surface area contributed by atoms with Crippen molar-refractivity contribution in [1.29, 1.82) is 0 Å². The van der Waals surface area contributed by atoms with Crippen molar-refractivity contribution in [3.63, 3.8) is 0 Å². The van der Waals surface area contributed by atoms with Gasteiger partial charge in [-0.3, -0.25) is 14.6 Å². The molecule has 1 saturated heterocycles. The number of methoxy groups -OCH3 is 2. The molecule has 2 heterocycles. The third kappa shape index (κ3) is 5.63. The number of aliphatic hydroxyl groups excluding tert-OH is 1. The second kappa shape index (κ2) is 12.0. The molecule has 8 nitrogen and oxygen atoms in total. The van der Waals surface area contributed by atoms with Crippen molar-refractivity contribution in [2.24, 2.45) is 0 Å². The van der Waals surface area contributed by atoms with Gasteiger partial charge in [0, 0.05) is 24.5 Å². The molecule has 1 aliphatic rings. The van der Waals surface area contributed by atoms with Gasteiger partial charge in [-0.25, -0.2) is 0 Å². The first-order chi connectivity index (χ1) is 19.9. The van der Waals surface area contributed by atoms with E-state index in [9.17, 15) is 14.7 Å². The van der Waals surface area contributed by atoms with E-state index in [-0.39, 0.29) is 17.9 Å². The summed E-state index contributed by atoms with van der Waals surface area (Å²) in [6.45, 7) is 2.38. The van der Waals surface area contributed by atoms with E-state index < -0.39 is 17.7 Å². The topological polar surface area (TPSA) is 98.2 Å². The molecule has 0 saturated carbocycles. The fourth-order valence-corrected chi connectivity index (χ4v) is 4.95. The lowest BCUT2D eigenvalue weighted by molar-refractivity contribution is -0.140. The maximum Gasteiger partial charge on any atom is 0.295 e. The fourth-order valence-electron chi connectivity index (χ4n) is 4.95. The zero-order chi connectivity index (χ0) is 28.9. The molecule has 0 aliphatic carbocycles. The van der Waals surface area contributed by atoms with Crippen LogP contribution in [0, 0.1) is 6.92 Å². The molecule has 1 amide bonds. The van der Waals surface area contributed by atoms with Gasteiger partial charge in [0.25, 0.3) is 11.7 Å². The van der Waals surface area contributed by atoms with Gasteiger partial charge in [0.05, 0.1) is 25.8 Å². The standard InChI is InChI=1S/C33H30N2O6/c1-21-16-25(12-13-26(21)41-20-22-8-5-4-6-9-22)31(36)29-30(24-11-14-27(39-2)28(17-24)40-3)35(33(38)32(29)37)19-23-10-7-15-34-18-23/h4-18,30,36H,19-20H2,1-3H3/t30-/m0/s1. The average Bonchev–Trinajstić information content (AvgIpc) is 3.25. The smallest absolute Gasteiger partial charge is 0.295 e. The first-order valence-corrected chi connectivity index (χ1v) is 13.1. The van der Waals surface area contributed by atoms with Gasteiger partial charge < -0.3 is 24.2 Å². The third-order valence-electron chi connectivity index (χ3n) is 7.02. The summed E-state index contributed by atoms with van der Waals surface area (Å²) in [6, 6.07) is 22.9. The number of carbonyl (C=O) groups is 2. The number of hydrogen-bond donors (Lipinski definition) is 1. The van der Waals surface area contributed by atoms with E-state index >= 15 is 0 Å². The molecule has 41 heavy (non-hydrogen) atoms. The highest BCUT2D eigenvalue weighted by Gasteiger charge is 2.46. The number of ether oxygens (including phenoxy) is 3. The van der Waals surface area contributed by atoms with Gasteiger partial charge >= 0.3 is 0 Å². The van der Waals surface area contributed by atoms with Gasteiger partial charge in [0.15, 0.2) is 11.5 Å². The Labute approximate surface area is 238 Å². The molecule has 1 aliphatic heterocycles. The number of aryl methyl sites for hydroxylation is 1. The summed E-state index contributed by atoms with van der Waals surface area (Å²) in [6.07, 6.45) is 3.28. The first-order valence-electron chi connectivity index (χ1n) is 13.1. The Kier molecular flexibility index (Phi) is 8.01. The minimum absolute atomic E-state index is 0.0107. The number of Topliss-reactive ketones (excluding diaryl/α,β-unsaturated/α-hetero) is 1. The Morgan fingerprint density at radius 3 is 2.29 bits per heavy atom. The highest BCUT2D eigenvalue weighted by atomic mass is 16.5. The number of hydrogen-bond acceptors (Lipinski definition) is 7. The Bertz CT molecular complexity index is 1600. The lowest BCUT2D eigenvalue weighted by atomic mass is 9.94. The molecular formula is C33H30N2O6. The second-order valence-corrected chi connectivity index (χ2v) is 9.66. The molecule has 8 heteroatoms. The number of nitrogens with zero attached hydrogens (tertiary/aromatic N) is 2. The highest BCUT2D eigenvalue weighted by molar-refractivity contribution is 6.46. The number of rotatable bonds is 9. The molecule has 0 radical (unpaired) electrons. The monoisotopic (exact) mass is 550 g/mol. The molecule has 1 atom stereocenters. The maximum absolute atomic E-state index is 13.5. The minimum atomic E-state index is -0.871. The summed E-state index contributed by atoms with van der Waals surface area (Å²) in [5, 5.41) is 11.5. The van der Waals surface area contributed by atoms with E-state index in [0.29, 0.717) is 35.0 Å². The number of pyridine rings is 1. The third-order valence-corrected chi connectivity index (χ3v) is 7.02. The van der Waals surface area contributed by atoms with E-state index in [1.54, 1.807) is 54.9 Å². The zero-order valence-electron chi connectivity index (χ0n) is 23.0. The van der Waals surface area contributed by atoms with Crippen LogP contribution in [-0.2, 0) is 22.7 Å². The normalized spacial score (nSPS) is 16.1. The van der Waals surface area contributed by atoms with Crippen LogP contribution in [-0.4, -0.2) is 40.9 Å². The van der Waals surface area contributed by atoms with Crippen LogP contribution in [0.2, 0.25) is 0 Å². The van der Waals surface area contributed by atoms with E-state index in [1.165, 1.54) is 19.1 Å². The first kappa shape index (κ1) is 27.5. The Morgan fingerprint density at radius 2 is 1.61 bits per heavy atom. The fraction of sp³-hybridized carbons (Fsp3) is 0.182. The highest BCUT2D eigenvalue weighted by Crippen LogP contribution is 2.43. The largest absolute Gasteiger partial charge is 0.507 e. The summed E-state index contributed by atoms with van der Waals surface area (Å²) in [5.41, 5.74) is 3.53. The lowest BCUT2D eigenvalue weighted by Crippen LogP contribution is -2.29. The molecule has 1 aromatic heterocycles. The molecule has 0 spiro atoms. The molecule has 5 rings (SSSR count). The summed E-state index contributed by atoms with van der Waals surface area (Å²) >= 11 is 0. The number of aromatic nitrogens is 1. The van der Waals surface area contributed by atoms with Crippen LogP contribution in [0.25, 0.3) is 5.76 Å². The van der Waals surface area contributed by atoms with Crippen LogP contribution in [0.4, 0.5) is 0 Å². The van der Waals surface area contributed by atoms with Gasteiger partial charge in [-0.15, -0.1) is 0 Å². The Hall–Kier alpha value is -5.11. The number of ketones is 1. The minimum Gasteiger partial charge on any atom is -0.507 e. The van der Waals surface area contributed by atoms with Crippen LogP contribution in [0.15, 0.2) is 96.8 Å². The SMILES string of the molecule is COc1ccc([C@H]2C(=C(O)c3ccc(OCc4ccccc4)c(C)c3)C(=O)C(=O)N2Cc2cccnc2)cc1OC. The number of carbonyl (C=O) groups excluding carboxylic acids is 2.